The van der Waals surface area contributed by atoms with Crippen molar-refractivity contribution < 1.29 is 14.6 Å². The summed E-state index contributed by atoms with van der Waals surface area (Å²) in [5.41, 5.74) is 2.85. The van der Waals surface area contributed by atoms with Crippen LogP contribution in [0.4, 0.5) is 0 Å². The molecule has 0 aliphatic carbocycles. The standard InChI is InChI=1S/C26H38N2O3/c1-21-6-11-25(22(2)18-21)31-20-26(29)12-5-14-28(15-13-26)19-23-7-9-24(10-8-23)30-17-16-27(3)4/h6-11,18,29H,5,12-17,19-20H2,1-4H3/t26-/m1/s1. The molecule has 0 radical (unpaired) electrons. The van der Waals surface area contributed by atoms with Gasteiger partial charge in [-0.2, -0.15) is 0 Å². The Morgan fingerprint density at radius 2 is 1.77 bits per heavy atom. The van der Waals surface area contributed by atoms with Crippen molar-refractivity contribution in [2.45, 2.75) is 45.3 Å². The highest BCUT2D eigenvalue weighted by Crippen LogP contribution is 2.26. The van der Waals surface area contributed by atoms with Gasteiger partial charge < -0.3 is 19.5 Å². The van der Waals surface area contributed by atoms with E-state index in [9.17, 15) is 5.11 Å². The lowest BCUT2D eigenvalue weighted by molar-refractivity contribution is -0.0170. The van der Waals surface area contributed by atoms with E-state index < -0.39 is 5.60 Å². The first-order valence-corrected chi connectivity index (χ1v) is 11.3. The molecule has 3 rings (SSSR count). The second-order valence-electron chi connectivity index (χ2n) is 9.21. The third-order valence-electron chi connectivity index (χ3n) is 5.97. The molecule has 1 saturated heterocycles. The summed E-state index contributed by atoms with van der Waals surface area (Å²) >= 11 is 0. The van der Waals surface area contributed by atoms with Crippen LogP contribution in [0.1, 0.15) is 36.0 Å². The Bertz CT molecular complexity index is 822. The predicted molar refractivity (Wildman–Crippen MR) is 126 cm³/mol. The third kappa shape index (κ3) is 7.53. The summed E-state index contributed by atoms with van der Waals surface area (Å²) in [5.74, 6) is 1.78. The number of hydrogen-bond donors (Lipinski definition) is 1. The summed E-state index contributed by atoms with van der Waals surface area (Å²) < 4.78 is 11.8. The zero-order valence-electron chi connectivity index (χ0n) is 19.6. The number of likely N-dealkylation sites (N-methyl/N-ethyl adjacent to an activating group) is 1. The molecule has 170 valence electrons. The van der Waals surface area contributed by atoms with E-state index in [4.69, 9.17) is 9.47 Å². The van der Waals surface area contributed by atoms with E-state index in [1.807, 2.05) is 20.2 Å². The maximum absolute atomic E-state index is 11.1. The molecule has 1 aliphatic rings. The summed E-state index contributed by atoms with van der Waals surface area (Å²) in [6.07, 6.45) is 2.47. The first-order valence-electron chi connectivity index (χ1n) is 11.3. The number of rotatable bonds is 9. The van der Waals surface area contributed by atoms with Crippen LogP contribution in [0.25, 0.3) is 0 Å². The highest BCUT2D eigenvalue weighted by Gasteiger charge is 2.31. The van der Waals surface area contributed by atoms with Crippen molar-refractivity contribution in [2.24, 2.45) is 0 Å². The Hall–Kier alpha value is -2.08. The minimum Gasteiger partial charge on any atom is -0.492 e. The minimum atomic E-state index is -0.768. The summed E-state index contributed by atoms with van der Waals surface area (Å²) in [5, 5.41) is 11.1. The van der Waals surface area contributed by atoms with Gasteiger partial charge in [-0.05, 0) is 83.1 Å². The molecule has 0 unspecified atom stereocenters. The minimum absolute atomic E-state index is 0.351. The van der Waals surface area contributed by atoms with Gasteiger partial charge >= 0.3 is 0 Å². The van der Waals surface area contributed by atoms with Crippen molar-refractivity contribution in [3.63, 3.8) is 0 Å². The number of hydrogen-bond acceptors (Lipinski definition) is 5. The largest absolute Gasteiger partial charge is 0.492 e. The summed E-state index contributed by atoms with van der Waals surface area (Å²) in [4.78, 5) is 4.54. The molecule has 31 heavy (non-hydrogen) atoms. The number of likely N-dealkylation sites (tertiary alicyclic amines) is 1. The Labute approximate surface area is 187 Å². The second kappa shape index (κ2) is 11.0. The predicted octanol–water partition coefficient (Wildman–Crippen LogP) is 4.04. The molecule has 0 spiro atoms. The van der Waals surface area contributed by atoms with Crippen molar-refractivity contribution in [1.82, 2.24) is 9.80 Å². The van der Waals surface area contributed by atoms with Gasteiger partial charge in [0.1, 0.15) is 24.7 Å². The molecule has 1 aliphatic heterocycles. The molecule has 0 bridgehead atoms. The number of benzene rings is 2. The van der Waals surface area contributed by atoms with Crippen LogP contribution in [0, 0.1) is 13.8 Å². The fourth-order valence-electron chi connectivity index (χ4n) is 4.01. The van der Waals surface area contributed by atoms with Crippen molar-refractivity contribution in [3.8, 4) is 11.5 Å². The van der Waals surface area contributed by atoms with E-state index in [0.717, 1.165) is 62.5 Å². The molecule has 0 amide bonds. The lowest BCUT2D eigenvalue weighted by atomic mass is 9.96. The smallest absolute Gasteiger partial charge is 0.122 e. The molecule has 0 aromatic heterocycles. The summed E-state index contributed by atoms with van der Waals surface area (Å²) in [6.45, 7) is 8.85. The summed E-state index contributed by atoms with van der Waals surface area (Å²) in [7, 11) is 4.09. The fourth-order valence-corrected chi connectivity index (χ4v) is 4.01. The monoisotopic (exact) mass is 426 g/mol. The van der Waals surface area contributed by atoms with Crippen LogP contribution in [0.15, 0.2) is 42.5 Å². The number of aliphatic hydroxyl groups is 1. The quantitative estimate of drug-likeness (QED) is 0.656. The van der Waals surface area contributed by atoms with Crippen LogP contribution in [-0.4, -0.2) is 67.5 Å². The molecule has 1 atom stereocenters. The van der Waals surface area contributed by atoms with Crippen molar-refractivity contribution in [3.05, 3.63) is 59.2 Å². The maximum atomic E-state index is 11.1. The number of ether oxygens (including phenoxy) is 2. The van der Waals surface area contributed by atoms with Crippen molar-refractivity contribution >= 4 is 0 Å². The van der Waals surface area contributed by atoms with Gasteiger partial charge in [-0.25, -0.2) is 0 Å². The van der Waals surface area contributed by atoms with Gasteiger partial charge in [0.25, 0.3) is 0 Å². The zero-order chi connectivity index (χ0) is 22.3. The van der Waals surface area contributed by atoms with Gasteiger partial charge in [0.2, 0.25) is 0 Å². The Balaban J connectivity index is 1.47. The molecule has 1 N–H and O–H groups in total. The maximum Gasteiger partial charge on any atom is 0.122 e. The van der Waals surface area contributed by atoms with Gasteiger partial charge in [-0.1, -0.05) is 29.8 Å². The van der Waals surface area contributed by atoms with Crippen LogP contribution in [0.2, 0.25) is 0 Å². The molecule has 1 fully saturated rings. The summed E-state index contributed by atoms with van der Waals surface area (Å²) in [6, 6.07) is 14.6. The number of nitrogens with zero attached hydrogens (tertiary/aromatic N) is 2. The van der Waals surface area contributed by atoms with Gasteiger partial charge in [-0.15, -0.1) is 0 Å². The lowest BCUT2D eigenvalue weighted by Crippen LogP contribution is -2.37. The van der Waals surface area contributed by atoms with Crippen LogP contribution < -0.4 is 9.47 Å². The van der Waals surface area contributed by atoms with Gasteiger partial charge in [-0.3, -0.25) is 4.90 Å². The fraction of sp³-hybridized carbons (Fsp3) is 0.538. The molecule has 2 aromatic carbocycles. The SMILES string of the molecule is Cc1ccc(OC[C@@]2(O)CCCN(Cc3ccc(OCCN(C)C)cc3)CC2)c(C)c1. The Kier molecular flexibility index (Phi) is 8.35. The molecule has 5 heteroatoms. The van der Waals surface area contributed by atoms with Gasteiger partial charge in [0.15, 0.2) is 0 Å². The average molecular weight is 427 g/mol. The second-order valence-corrected chi connectivity index (χ2v) is 9.21. The van der Waals surface area contributed by atoms with Gasteiger partial charge in [0, 0.05) is 19.6 Å². The van der Waals surface area contributed by atoms with Crippen LogP contribution in [-0.2, 0) is 6.54 Å². The first-order chi connectivity index (χ1) is 14.8. The van der Waals surface area contributed by atoms with Crippen LogP contribution in [0.5, 0.6) is 11.5 Å². The van der Waals surface area contributed by atoms with Gasteiger partial charge in [0.05, 0.1) is 5.60 Å². The van der Waals surface area contributed by atoms with Crippen molar-refractivity contribution in [2.75, 3.05) is 46.9 Å². The Morgan fingerprint density at radius 3 is 2.48 bits per heavy atom. The Morgan fingerprint density at radius 1 is 1.00 bits per heavy atom. The molecule has 1 heterocycles. The average Bonchev–Trinajstić information content (AvgIpc) is 2.90. The molecule has 0 saturated carbocycles. The molecule has 2 aromatic rings. The van der Waals surface area contributed by atoms with E-state index in [1.165, 1.54) is 11.1 Å². The van der Waals surface area contributed by atoms with E-state index >= 15 is 0 Å². The lowest BCUT2D eigenvalue weighted by Gasteiger charge is -2.27. The van der Waals surface area contributed by atoms with E-state index in [0.29, 0.717) is 13.2 Å². The number of aryl methyl sites for hydroxylation is 2. The van der Waals surface area contributed by atoms with Crippen LogP contribution in [0.3, 0.4) is 0 Å². The highest BCUT2D eigenvalue weighted by atomic mass is 16.5. The van der Waals surface area contributed by atoms with Crippen molar-refractivity contribution in [1.29, 1.82) is 0 Å². The topological polar surface area (TPSA) is 45.2 Å². The normalized spacial score (nSPS) is 19.9. The van der Waals surface area contributed by atoms with E-state index in [1.54, 1.807) is 0 Å². The third-order valence-corrected chi connectivity index (χ3v) is 5.97. The first kappa shape index (κ1) is 23.6. The van der Waals surface area contributed by atoms with E-state index in [2.05, 4.69) is 60.0 Å². The molecule has 5 nitrogen and oxygen atoms in total. The zero-order valence-corrected chi connectivity index (χ0v) is 19.6. The van der Waals surface area contributed by atoms with E-state index in [-0.39, 0.29) is 0 Å². The highest BCUT2D eigenvalue weighted by molar-refractivity contribution is 5.35. The van der Waals surface area contributed by atoms with Crippen LogP contribution >= 0.6 is 0 Å². The molecular formula is C26H38N2O3. The molecular weight excluding hydrogens is 388 g/mol.